The van der Waals surface area contributed by atoms with E-state index in [9.17, 15) is 4.79 Å². The van der Waals surface area contributed by atoms with Gasteiger partial charge in [0.15, 0.2) is 11.5 Å². The van der Waals surface area contributed by atoms with E-state index in [4.69, 9.17) is 13.9 Å². The zero-order valence-corrected chi connectivity index (χ0v) is 11.1. The minimum absolute atomic E-state index is 0.269. The second-order valence-corrected chi connectivity index (χ2v) is 4.88. The van der Waals surface area contributed by atoms with Gasteiger partial charge in [-0.05, 0) is 12.3 Å². The van der Waals surface area contributed by atoms with E-state index in [1.54, 1.807) is 19.2 Å². The number of rotatable bonds is 3. The smallest absolute Gasteiger partial charge is 0.346 e. The van der Waals surface area contributed by atoms with Gasteiger partial charge in [0.2, 0.25) is 5.89 Å². The number of fused-ring (bicyclic) bond motifs is 1. The summed E-state index contributed by atoms with van der Waals surface area (Å²) in [5, 5.41) is 0.412. The normalized spacial score (nSPS) is 21.4. The zero-order chi connectivity index (χ0) is 13.6. The number of hydrogen-bond donors (Lipinski definition) is 0. The standard InChI is InChI=1S/C14H15NO4/c1-7-4-8(7)13-15-10-6-12(18-3)11(17-2)5-9(10)14(16)19-13/h5-8H,4H2,1-3H3. The van der Waals surface area contributed by atoms with E-state index in [0.29, 0.717) is 34.2 Å². The fourth-order valence-electron chi connectivity index (χ4n) is 2.24. The van der Waals surface area contributed by atoms with E-state index >= 15 is 0 Å². The number of ether oxygens (including phenoxy) is 2. The van der Waals surface area contributed by atoms with E-state index in [1.165, 1.54) is 7.11 Å². The topological polar surface area (TPSA) is 61.6 Å². The number of hydrogen-bond acceptors (Lipinski definition) is 5. The molecule has 1 aromatic carbocycles. The number of methoxy groups -OCH3 is 2. The fourth-order valence-corrected chi connectivity index (χ4v) is 2.24. The third-order valence-corrected chi connectivity index (χ3v) is 3.58. The van der Waals surface area contributed by atoms with Gasteiger partial charge in [0.25, 0.3) is 0 Å². The third-order valence-electron chi connectivity index (χ3n) is 3.58. The highest BCUT2D eigenvalue weighted by Gasteiger charge is 2.38. The van der Waals surface area contributed by atoms with Crippen LogP contribution in [0.5, 0.6) is 11.5 Å². The summed E-state index contributed by atoms with van der Waals surface area (Å²) in [6.07, 6.45) is 1.02. The van der Waals surface area contributed by atoms with Crippen LogP contribution in [0.4, 0.5) is 0 Å². The van der Waals surface area contributed by atoms with Gasteiger partial charge in [0.1, 0.15) is 0 Å². The summed E-state index contributed by atoms with van der Waals surface area (Å²) >= 11 is 0. The Morgan fingerprint density at radius 2 is 1.89 bits per heavy atom. The van der Waals surface area contributed by atoms with Crippen LogP contribution in [0.1, 0.15) is 25.2 Å². The van der Waals surface area contributed by atoms with Crippen LogP contribution in [0, 0.1) is 5.92 Å². The largest absolute Gasteiger partial charge is 0.493 e. The van der Waals surface area contributed by atoms with Gasteiger partial charge < -0.3 is 13.9 Å². The van der Waals surface area contributed by atoms with Crippen LogP contribution >= 0.6 is 0 Å². The Hall–Kier alpha value is -2.04. The first kappa shape index (κ1) is 12.0. The monoisotopic (exact) mass is 261 g/mol. The molecule has 5 heteroatoms. The molecule has 0 spiro atoms. The number of aromatic nitrogens is 1. The molecule has 1 aliphatic carbocycles. The molecule has 1 saturated carbocycles. The first-order chi connectivity index (χ1) is 9.13. The molecule has 0 aliphatic heterocycles. The molecule has 0 radical (unpaired) electrons. The molecule has 3 rings (SSSR count). The van der Waals surface area contributed by atoms with E-state index in [0.717, 1.165) is 6.42 Å². The van der Waals surface area contributed by atoms with Gasteiger partial charge >= 0.3 is 5.63 Å². The summed E-state index contributed by atoms with van der Waals surface area (Å²) in [7, 11) is 3.08. The molecular formula is C14H15NO4. The van der Waals surface area contributed by atoms with E-state index < -0.39 is 0 Å². The van der Waals surface area contributed by atoms with Crippen LogP contribution < -0.4 is 15.1 Å². The van der Waals surface area contributed by atoms with Gasteiger partial charge in [-0.1, -0.05) is 6.92 Å². The Balaban J connectivity index is 2.21. The molecule has 2 atom stereocenters. The highest BCUT2D eigenvalue weighted by Crippen LogP contribution is 2.46. The molecule has 19 heavy (non-hydrogen) atoms. The van der Waals surface area contributed by atoms with Gasteiger partial charge in [-0.2, -0.15) is 0 Å². The van der Waals surface area contributed by atoms with Crippen molar-refractivity contribution in [2.24, 2.45) is 5.92 Å². The lowest BCUT2D eigenvalue weighted by Crippen LogP contribution is -2.05. The Bertz CT molecular complexity index is 692. The van der Waals surface area contributed by atoms with Crippen molar-refractivity contribution in [3.05, 3.63) is 28.4 Å². The van der Waals surface area contributed by atoms with E-state index in [-0.39, 0.29) is 11.5 Å². The maximum Gasteiger partial charge on any atom is 0.346 e. The molecule has 1 heterocycles. The number of benzene rings is 1. The predicted octanol–water partition coefficient (Wildman–Crippen LogP) is 2.33. The van der Waals surface area contributed by atoms with Gasteiger partial charge in [0.05, 0.1) is 25.1 Å². The van der Waals surface area contributed by atoms with Gasteiger partial charge in [0, 0.05) is 18.1 Å². The quantitative estimate of drug-likeness (QED) is 0.848. The molecule has 2 unspecified atom stereocenters. The maximum atomic E-state index is 12.0. The zero-order valence-electron chi connectivity index (χ0n) is 11.1. The first-order valence-corrected chi connectivity index (χ1v) is 6.20. The molecule has 100 valence electrons. The summed E-state index contributed by atoms with van der Waals surface area (Å²) in [5.41, 5.74) is 0.211. The molecule has 1 fully saturated rings. The second-order valence-electron chi connectivity index (χ2n) is 4.88. The van der Waals surface area contributed by atoms with Crippen molar-refractivity contribution >= 4 is 10.9 Å². The van der Waals surface area contributed by atoms with Crippen molar-refractivity contribution in [2.75, 3.05) is 14.2 Å². The Morgan fingerprint density at radius 3 is 2.47 bits per heavy atom. The second kappa shape index (κ2) is 4.26. The van der Waals surface area contributed by atoms with Crippen LogP contribution in [0.15, 0.2) is 21.3 Å². The Labute approximate surface area is 110 Å². The summed E-state index contributed by atoms with van der Waals surface area (Å²) in [6, 6.07) is 3.31. The predicted molar refractivity (Wildman–Crippen MR) is 69.9 cm³/mol. The number of nitrogens with zero attached hydrogens (tertiary/aromatic N) is 1. The molecule has 2 aromatic rings. The van der Waals surface area contributed by atoms with Gasteiger partial charge in [-0.15, -0.1) is 0 Å². The summed E-state index contributed by atoms with van der Waals surface area (Å²) in [4.78, 5) is 16.4. The van der Waals surface area contributed by atoms with Crippen molar-refractivity contribution < 1.29 is 13.9 Å². The fraction of sp³-hybridized carbons (Fsp3) is 0.429. The molecule has 0 saturated heterocycles. The summed E-state index contributed by atoms with van der Waals surface area (Å²) < 4.78 is 15.7. The molecule has 1 aromatic heterocycles. The van der Waals surface area contributed by atoms with Crippen LogP contribution in [-0.2, 0) is 0 Å². The molecular weight excluding hydrogens is 246 g/mol. The summed E-state index contributed by atoms with van der Waals surface area (Å²) in [6.45, 7) is 2.12. The van der Waals surface area contributed by atoms with Crippen molar-refractivity contribution in [3.63, 3.8) is 0 Å². The third kappa shape index (κ3) is 1.95. The lowest BCUT2D eigenvalue weighted by molar-refractivity contribution is 0.355. The minimum atomic E-state index is -0.375. The van der Waals surface area contributed by atoms with E-state index in [1.807, 2.05) is 0 Å². The van der Waals surface area contributed by atoms with Crippen LogP contribution in [0.2, 0.25) is 0 Å². The molecule has 0 N–H and O–H groups in total. The highest BCUT2D eigenvalue weighted by atomic mass is 16.5. The SMILES string of the molecule is COc1cc2nc(C3CC3C)oc(=O)c2cc1OC. The van der Waals surface area contributed by atoms with Crippen molar-refractivity contribution in [2.45, 2.75) is 19.3 Å². The van der Waals surface area contributed by atoms with Gasteiger partial charge in [-0.3, -0.25) is 0 Å². The summed E-state index contributed by atoms with van der Waals surface area (Å²) in [5.74, 6) is 2.38. The van der Waals surface area contributed by atoms with Crippen molar-refractivity contribution in [1.29, 1.82) is 0 Å². The molecule has 1 aliphatic rings. The molecule has 0 bridgehead atoms. The average Bonchev–Trinajstić information content (AvgIpc) is 3.14. The Kier molecular flexibility index (Phi) is 2.69. The Morgan fingerprint density at radius 1 is 1.26 bits per heavy atom. The molecule has 0 amide bonds. The van der Waals surface area contributed by atoms with Crippen molar-refractivity contribution in [3.8, 4) is 11.5 Å². The molecule has 5 nitrogen and oxygen atoms in total. The minimum Gasteiger partial charge on any atom is -0.493 e. The highest BCUT2D eigenvalue weighted by molar-refractivity contribution is 5.81. The van der Waals surface area contributed by atoms with Crippen LogP contribution in [0.3, 0.4) is 0 Å². The van der Waals surface area contributed by atoms with E-state index in [2.05, 4.69) is 11.9 Å². The van der Waals surface area contributed by atoms with Crippen LogP contribution in [-0.4, -0.2) is 19.2 Å². The lowest BCUT2D eigenvalue weighted by Gasteiger charge is -2.08. The van der Waals surface area contributed by atoms with Crippen LogP contribution in [0.25, 0.3) is 10.9 Å². The average molecular weight is 261 g/mol. The van der Waals surface area contributed by atoms with Gasteiger partial charge in [-0.25, -0.2) is 9.78 Å². The maximum absolute atomic E-state index is 12.0. The first-order valence-electron chi connectivity index (χ1n) is 6.20. The van der Waals surface area contributed by atoms with Crippen molar-refractivity contribution in [1.82, 2.24) is 4.98 Å². The lowest BCUT2D eigenvalue weighted by atomic mass is 10.2.